The summed E-state index contributed by atoms with van der Waals surface area (Å²) in [6.07, 6.45) is 1.70. The highest BCUT2D eigenvalue weighted by atomic mass is 32.2. The molecule has 1 aromatic rings. The molecule has 0 atom stereocenters. The van der Waals surface area contributed by atoms with E-state index in [2.05, 4.69) is 15.8 Å². The normalized spacial score (nSPS) is 15.7. The molecule has 21 heavy (non-hydrogen) atoms. The Morgan fingerprint density at radius 3 is 2.71 bits per heavy atom. The maximum atomic E-state index is 11.7. The van der Waals surface area contributed by atoms with E-state index in [1.165, 1.54) is 11.8 Å². The number of nitrogens with zero attached hydrogens (tertiary/aromatic N) is 1. The van der Waals surface area contributed by atoms with Crippen molar-refractivity contribution in [3.05, 3.63) is 11.8 Å². The van der Waals surface area contributed by atoms with Gasteiger partial charge in [-0.25, -0.2) is 0 Å². The van der Waals surface area contributed by atoms with Gasteiger partial charge in [0, 0.05) is 25.3 Å². The summed E-state index contributed by atoms with van der Waals surface area (Å²) in [4.78, 5) is 23.4. The number of nitrogens with one attached hydrogen (secondary N) is 2. The predicted octanol–water partition coefficient (Wildman–Crippen LogP) is 0.950. The van der Waals surface area contributed by atoms with Crippen LogP contribution in [0.25, 0.3) is 0 Å². The average molecular weight is 313 g/mol. The van der Waals surface area contributed by atoms with Gasteiger partial charge in [0.25, 0.3) is 0 Å². The zero-order chi connectivity index (χ0) is 15.1. The molecule has 0 radical (unpaired) electrons. The molecule has 1 fully saturated rings. The quantitative estimate of drug-likeness (QED) is 0.812. The van der Waals surface area contributed by atoms with Gasteiger partial charge < -0.3 is 19.9 Å². The summed E-state index contributed by atoms with van der Waals surface area (Å²) in [7, 11) is 0. The van der Waals surface area contributed by atoms with Crippen LogP contribution in [0.15, 0.2) is 10.6 Å². The summed E-state index contributed by atoms with van der Waals surface area (Å²) in [6.45, 7) is 3.13. The number of ether oxygens (including phenoxy) is 1. The van der Waals surface area contributed by atoms with Crippen LogP contribution in [-0.4, -0.2) is 47.7 Å². The number of anilines is 1. The van der Waals surface area contributed by atoms with Gasteiger partial charge in [-0.15, -0.1) is 11.8 Å². The van der Waals surface area contributed by atoms with Crippen molar-refractivity contribution in [3.8, 4) is 0 Å². The van der Waals surface area contributed by atoms with Gasteiger partial charge in [0.1, 0.15) is 5.76 Å². The van der Waals surface area contributed by atoms with Gasteiger partial charge in [-0.05, 0) is 19.8 Å². The number of amides is 2. The average Bonchev–Trinajstić information content (AvgIpc) is 2.85. The van der Waals surface area contributed by atoms with E-state index in [0.29, 0.717) is 24.8 Å². The lowest BCUT2D eigenvalue weighted by Crippen LogP contribution is -2.39. The lowest BCUT2D eigenvalue weighted by molar-refractivity contribution is -0.119. The molecule has 1 aliphatic rings. The van der Waals surface area contributed by atoms with Crippen LogP contribution in [0.3, 0.4) is 0 Å². The highest BCUT2D eigenvalue weighted by Gasteiger charge is 2.16. The van der Waals surface area contributed by atoms with Crippen molar-refractivity contribution in [1.82, 2.24) is 10.5 Å². The van der Waals surface area contributed by atoms with Crippen LogP contribution in [0.2, 0.25) is 0 Å². The number of aromatic nitrogens is 1. The fourth-order valence-corrected chi connectivity index (χ4v) is 2.58. The maximum Gasteiger partial charge on any atom is 0.235 e. The lowest BCUT2D eigenvalue weighted by atomic mass is 10.1. The number of rotatable bonds is 6. The largest absolute Gasteiger partial charge is 0.381 e. The number of hydrogen-bond acceptors (Lipinski definition) is 6. The van der Waals surface area contributed by atoms with Crippen LogP contribution < -0.4 is 10.6 Å². The molecule has 1 aliphatic heterocycles. The minimum atomic E-state index is -0.202. The highest BCUT2D eigenvalue weighted by molar-refractivity contribution is 8.00. The topological polar surface area (TPSA) is 93.5 Å². The Bertz CT molecular complexity index is 486. The number of hydrogen-bond donors (Lipinski definition) is 2. The molecular weight excluding hydrogens is 294 g/mol. The van der Waals surface area contributed by atoms with E-state index in [1.807, 2.05) is 0 Å². The molecule has 2 amide bonds. The van der Waals surface area contributed by atoms with Crippen LogP contribution >= 0.6 is 11.8 Å². The van der Waals surface area contributed by atoms with Gasteiger partial charge in [-0.2, -0.15) is 0 Å². The Balaban J connectivity index is 1.59. The lowest BCUT2D eigenvalue weighted by Gasteiger charge is -2.22. The monoisotopic (exact) mass is 313 g/mol. The number of carbonyl (C=O) groups excluding carboxylic acids is 2. The zero-order valence-corrected chi connectivity index (χ0v) is 12.7. The van der Waals surface area contributed by atoms with E-state index in [0.717, 1.165) is 12.8 Å². The third-order valence-electron chi connectivity index (χ3n) is 2.95. The molecular formula is C13H19N3O4S. The number of carbonyl (C=O) groups is 2. The smallest absolute Gasteiger partial charge is 0.235 e. The van der Waals surface area contributed by atoms with Gasteiger partial charge in [-0.3, -0.25) is 9.59 Å². The Labute approximate surface area is 127 Å². The predicted molar refractivity (Wildman–Crippen MR) is 79.2 cm³/mol. The molecule has 0 unspecified atom stereocenters. The highest BCUT2D eigenvalue weighted by Crippen LogP contribution is 2.09. The van der Waals surface area contributed by atoms with Crippen LogP contribution in [-0.2, 0) is 14.3 Å². The van der Waals surface area contributed by atoms with Crippen molar-refractivity contribution < 1.29 is 18.8 Å². The molecule has 8 heteroatoms. The van der Waals surface area contributed by atoms with E-state index in [4.69, 9.17) is 9.26 Å². The molecule has 2 N–H and O–H groups in total. The third-order valence-corrected chi connectivity index (χ3v) is 3.88. The van der Waals surface area contributed by atoms with E-state index < -0.39 is 0 Å². The summed E-state index contributed by atoms with van der Waals surface area (Å²) in [5.41, 5.74) is 0. The van der Waals surface area contributed by atoms with Crippen molar-refractivity contribution in [2.45, 2.75) is 25.8 Å². The van der Waals surface area contributed by atoms with Gasteiger partial charge in [-0.1, -0.05) is 5.16 Å². The molecule has 1 aromatic heterocycles. The Morgan fingerprint density at radius 2 is 2.05 bits per heavy atom. The first-order chi connectivity index (χ1) is 10.1. The van der Waals surface area contributed by atoms with Crippen molar-refractivity contribution in [2.75, 3.05) is 30.0 Å². The molecule has 7 nitrogen and oxygen atoms in total. The second-order valence-corrected chi connectivity index (χ2v) is 5.80. The van der Waals surface area contributed by atoms with Crippen molar-refractivity contribution >= 4 is 29.4 Å². The molecule has 2 rings (SSSR count). The second-order valence-electron chi connectivity index (χ2n) is 4.82. The van der Waals surface area contributed by atoms with Gasteiger partial charge in [0.05, 0.1) is 11.5 Å². The minimum Gasteiger partial charge on any atom is -0.381 e. The molecule has 0 saturated carbocycles. The molecule has 1 saturated heterocycles. The van der Waals surface area contributed by atoms with Crippen LogP contribution in [0.4, 0.5) is 5.82 Å². The van der Waals surface area contributed by atoms with Gasteiger partial charge >= 0.3 is 0 Å². The molecule has 2 heterocycles. The van der Waals surface area contributed by atoms with Crippen LogP contribution in [0.5, 0.6) is 0 Å². The molecule has 116 valence electrons. The van der Waals surface area contributed by atoms with E-state index >= 15 is 0 Å². The number of thioether (sulfide) groups is 1. The molecule has 0 aliphatic carbocycles. The Kier molecular flexibility index (Phi) is 6.06. The maximum absolute atomic E-state index is 11.7. The van der Waals surface area contributed by atoms with E-state index in [1.54, 1.807) is 13.0 Å². The van der Waals surface area contributed by atoms with E-state index in [9.17, 15) is 9.59 Å². The summed E-state index contributed by atoms with van der Waals surface area (Å²) in [6, 6.07) is 1.83. The molecule has 0 bridgehead atoms. The summed E-state index contributed by atoms with van der Waals surface area (Å²) in [5, 5.41) is 9.22. The summed E-state index contributed by atoms with van der Waals surface area (Å²) in [5.74, 6) is 1.25. The van der Waals surface area contributed by atoms with Crippen molar-refractivity contribution in [1.29, 1.82) is 0 Å². The molecule has 0 spiro atoms. The van der Waals surface area contributed by atoms with Gasteiger partial charge in [0.2, 0.25) is 11.8 Å². The first kappa shape index (κ1) is 15.8. The molecule has 0 aromatic carbocycles. The van der Waals surface area contributed by atoms with Crippen LogP contribution in [0, 0.1) is 6.92 Å². The fourth-order valence-electron chi connectivity index (χ4n) is 1.95. The Morgan fingerprint density at radius 1 is 1.33 bits per heavy atom. The minimum absolute atomic E-state index is 0.0445. The first-order valence-corrected chi connectivity index (χ1v) is 7.97. The third kappa shape index (κ3) is 5.76. The first-order valence-electron chi connectivity index (χ1n) is 6.81. The fraction of sp³-hybridized carbons (Fsp3) is 0.615. The van der Waals surface area contributed by atoms with E-state index in [-0.39, 0.29) is 29.4 Å². The van der Waals surface area contributed by atoms with Crippen molar-refractivity contribution in [2.24, 2.45) is 0 Å². The summed E-state index contributed by atoms with van der Waals surface area (Å²) >= 11 is 1.27. The standard InChI is InChI=1S/C13H19N3O4S/c1-9-6-11(16-20-9)15-13(18)8-21-7-12(17)14-10-2-4-19-5-3-10/h6,10H,2-5,7-8H2,1H3,(H,14,17)(H,15,16,18). The number of aryl methyl sites for hydroxylation is 1. The van der Waals surface area contributed by atoms with Crippen LogP contribution in [0.1, 0.15) is 18.6 Å². The zero-order valence-electron chi connectivity index (χ0n) is 11.9. The van der Waals surface area contributed by atoms with Crippen molar-refractivity contribution in [3.63, 3.8) is 0 Å². The summed E-state index contributed by atoms with van der Waals surface area (Å²) < 4.78 is 10.1. The second kappa shape index (κ2) is 8.04. The Hall–Kier alpha value is -1.54. The van der Waals surface area contributed by atoms with Gasteiger partial charge in [0.15, 0.2) is 5.82 Å². The SMILES string of the molecule is Cc1cc(NC(=O)CSCC(=O)NC2CCOCC2)no1.